The number of anilines is 1. The second-order valence-corrected chi connectivity index (χ2v) is 8.66. The largest absolute Gasteiger partial charge is 0.334 e. The van der Waals surface area contributed by atoms with Gasteiger partial charge < -0.3 is 10.6 Å². The zero-order chi connectivity index (χ0) is 18.6. The number of halogens is 1. The van der Waals surface area contributed by atoms with Crippen LogP contribution in [0.15, 0.2) is 48.5 Å². The van der Waals surface area contributed by atoms with Crippen LogP contribution in [0.1, 0.15) is 17.5 Å². The van der Waals surface area contributed by atoms with Crippen LogP contribution in [0.25, 0.3) is 0 Å². The Hall–Kier alpha value is -2.09. The van der Waals surface area contributed by atoms with Crippen LogP contribution in [0.4, 0.5) is 10.5 Å². The molecule has 3 rings (SSSR count). The van der Waals surface area contributed by atoms with Crippen LogP contribution in [-0.2, 0) is 23.1 Å². The van der Waals surface area contributed by atoms with Crippen molar-refractivity contribution in [3.63, 3.8) is 0 Å². The van der Waals surface area contributed by atoms with E-state index >= 15 is 0 Å². The Bertz CT molecular complexity index is 868. The minimum Gasteiger partial charge on any atom is -0.334 e. The first kappa shape index (κ1) is 18.7. The molecule has 26 heavy (non-hydrogen) atoms. The lowest BCUT2D eigenvalue weighted by Gasteiger charge is -2.14. The molecule has 1 aliphatic rings. The van der Waals surface area contributed by atoms with E-state index in [-0.39, 0.29) is 11.8 Å². The Morgan fingerprint density at radius 1 is 1.04 bits per heavy atom. The van der Waals surface area contributed by atoms with Crippen molar-refractivity contribution in [2.24, 2.45) is 0 Å². The highest BCUT2D eigenvalue weighted by atomic mass is 35.5. The highest BCUT2D eigenvalue weighted by molar-refractivity contribution is 7.89. The Morgan fingerprint density at radius 2 is 1.69 bits per heavy atom. The minimum atomic E-state index is -3.11. The predicted octanol–water partition coefficient (Wildman–Crippen LogP) is 3.20. The summed E-state index contributed by atoms with van der Waals surface area (Å²) in [4.78, 5) is 12.0. The van der Waals surface area contributed by atoms with E-state index in [2.05, 4.69) is 10.6 Å². The van der Waals surface area contributed by atoms with E-state index in [0.717, 1.165) is 11.1 Å². The quantitative estimate of drug-likeness (QED) is 0.818. The van der Waals surface area contributed by atoms with Crippen molar-refractivity contribution in [2.75, 3.05) is 17.6 Å². The highest BCUT2D eigenvalue weighted by Crippen LogP contribution is 2.18. The van der Waals surface area contributed by atoms with Gasteiger partial charge in [-0.2, -0.15) is 4.31 Å². The first-order valence-electron chi connectivity index (χ1n) is 8.28. The number of nitrogens with one attached hydrogen (secondary N) is 2. The fourth-order valence-corrected chi connectivity index (χ4v) is 4.36. The Balaban J connectivity index is 1.50. The van der Waals surface area contributed by atoms with Gasteiger partial charge in [0.05, 0.1) is 5.75 Å². The molecule has 1 aliphatic heterocycles. The summed E-state index contributed by atoms with van der Waals surface area (Å²) in [5.74, 6) is 0.223. The minimum absolute atomic E-state index is 0.223. The maximum atomic E-state index is 12.0. The average molecular weight is 394 g/mol. The molecule has 1 heterocycles. The Kier molecular flexibility index (Phi) is 5.80. The topological polar surface area (TPSA) is 78.5 Å². The number of sulfonamides is 1. The third kappa shape index (κ3) is 4.97. The van der Waals surface area contributed by atoms with E-state index in [0.29, 0.717) is 36.8 Å². The lowest BCUT2D eigenvalue weighted by Crippen LogP contribution is -2.28. The lowest BCUT2D eigenvalue weighted by molar-refractivity contribution is 0.251. The Labute approximate surface area is 158 Å². The van der Waals surface area contributed by atoms with Gasteiger partial charge in [-0.15, -0.1) is 0 Å². The molecule has 2 amide bonds. The first-order valence-corrected chi connectivity index (χ1v) is 10.3. The van der Waals surface area contributed by atoms with Gasteiger partial charge in [0.1, 0.15) is 0 Å². The average Bonchev–Trinajstić information content (AvgIpc) is 2.94. The summed E-state index contributed by atoms with van der Waals surface area (Å²) < 4.78 is 25.2. The van der Waals surface area contributed by atoms with Crippen LogP contribution < -0.4 is 10.6 Å². The number of carbonyl (C=O) groups is 1. The number of rotatable bonds is 5. The zero-order valence-electron chi connectivity index (χ0n) is 14.1. The molecule has 8 heteroatoms. The third-order valence-corrected chi connectivity index (χ3v) is 6.30. The van der Waals surface area contributed by atoms with Gasteiger partial charge in [-0.05, 0) is 41.8 Å². The summed E-state index contributed by atoms with van der Waals surface area (Å²) in [5, 5.41) is 6.18. The van der Waals surface area contributed by atoms with E-state index in [1.807, 2.05) is 24.3 Å². The van der Waals surface area contributed by atoms with Crippen LogP contribution in [0.3, 0.4) is 0 Å². The van der Waals surface area contributed by atoms with Crippen molar-refractivity contribution in [2.45, 2.75) is 19.5 Å². The van der Waals surface area contributed by atoms with Crippen LogP contribution in [0.2, 0.25) is 5.02 Å². The number of carbonyl (C=O) groups excluding carboxylic acids is 1. The number of nitrogens with zero attached hydrogens (tertiary/aromatic N) is 1. The number of benzene rings is 2. The van der Waals surface area contributed by atoms with Crippen molar-refractivity contribution in [1.82, 2.24) is 9.62 Å². The fraction of sp³-hybridized carbons (Fsp3) is 0.278. The molecule has 0 radical (unpaired) electrons. The van der Waals surface area contributed by atoms with Gasteiger partial charge >= 0.3 is 6.03 Å². The van der Waals surface area contributed by atoms with Crippen LogP contribution in [-0.4, -0.2) is 31.1 Å². The van der Waals surface area contributed by atoms with Crippen molar-refractivity contribution in [3.05, 3.63) is 64.7 Å². The standard InChI is InChI=1S/C18H20ClN3O3S/c19-16-6-2-14(3-7-16)12-20-18(23)21-17-8-4-15(5-9-17)13-22-10-1-11-26(22,24)25/h2-9H,1,10-13H2,(H2,20,21,23). The number of amides is 2. The van der Waals surface area contributed by atoms with Crippen LogP contribution in [0.5, 0.6) is 0 Å². The lowest BCUT2D eigenvalue weighted by atomic mass is 10.2. The van der Waals surface area contributed by atoms with E-state index < -0.39 is 10.0 Å². The molecule has 6 nitrogen and oxygen atoms in total. The number of hydrogen-bond acceptors (Lipinski definition) is 3. The Morgan fingerprint density at radius 3 is 2.31 bits per heavy atom. The van der Waals surface area contributed by atoms with E-state index in [9.17, 15) is 13.2 Å². The fourth-order valence-electron chi connectivity index (χ4n) is 2.73. The molecule has 0 bridgehead atoms. The molecule has 2 aromatic carbocycles. The molecule has 1 fully saturated rings. The van der Waals surface area contributed by atoms with Gasteiger partial charge in [-0.25, -0.2) is 13.2 Å². The monoisotopic (exact) mass is 393 g/mol. The molecule has 0 aromatic heterocycles. The summed E-state index contributed by atoms with van der Waals surface area (Å²) in [6.45, 7) is 1.33. The molecule has 0 saturated carbocycles. The van der Waals surface area contributed by atoms with Gasteiger partial charge in [0.2, 0.25) is 10.0 Å². The molecule has 1 saturated heterocycles. The molecule has 138 valence electrons. The molecule has 2 N–H and O–H groups in total. The number of hydrogen-bond donors (Lipinski definition) is 2. The van der Waals surface area contributed by atoms with Crippen LogP contribution in [0, 0.1) is 0 Å². The van der Waals surface area contributed by atoms with Crippen LogP contribution >= 0.6 is 11.6 Å². The molecule has 0 aliphatic carbocycles. The summed E-state index contributed by atoms with van der Waals surface area (Å²) >= 11 is 5.83. The van der Waals surface area contributed by atoms with Crippen molar-refractivity contribution in [1.29, 1.82) is 0 Å². The van der Waals surface area contributed by atoms with Crippen molar-refractivity contribution in [3.8, 4) is 0 Å². The van der Waals surface area contributed by atoms with Gasteiger partial charge in [0.15, 0.2) is 0 Å². The van der Waals surface area contributed by atoms with Gasteiger partial charge in [0, 0.05) is 30.3 Å². The van der Waals surface area contributed by atoms with Gasteiger partial charge in [0.25, 0.3) is 0 Å². The number of urea groups is 1. The second kappa shape index (κ2) is 8.07. The predicted molar refractivity (Wildman–Crippen MR) is 103 cm³/mol. The molecule has 0 unspecified atom stereocenters. The molecule has 0 spiro atoms. The van der Waals surface area contributed by atoms with Gasteiger partial charge in [-0.3, -0.25) is 0 Å². The molecular weight excluding hydrogens is 374 g/mol. The maximum absolute atomic E-state index is 12.0. The zero-order valence-corrected chi connectivity index (χ0v) is 15.7. The summed E-state index contributed by atoms with van der Waals surface area (Å²) in [7, 11) is -3.11. The SMILES string of the molecule is O=C(NCc1ccc(Cl)cc1)Nc1ccc(CN2CCCS2(=O)=O)cc1. The van der Waals surface area contributed by atoms with E-state index in [1.54, 1.807) is 24.3 Å². The highest BCUT2D eigenvalue weighted by Gasteiger charge is 2.27. The second-order valence-electron chi connectivity index (χ2n) is 6.13. The van der Waals surface area contributed by atoms with Crippen molar-refractivity contribution >= 4 is 33.3 Å². The smallest absolute Gasteiger partial charge is 0.319 e. The molecular formula is C18H20ClN3O3S. The summed E-state index contributed by atoms with van der Waals surface area (Å²) in [5.41, 5.74) is 2.49. The summed E-state index contributed by atoms with van der Waals surface area (Å²) in [6.07, 6.45) is 0.676. The van der Waals surface area contributed by atoms with Crippen molar-refractivity contribution < 1.29 is 13.2 Å². The normalized spacial score (nSPS) is 16.3. The molecule has 0 atom stereocenters. The van der Waals surface area contributed by atoms with E-state index in [1.165, 1.54) is 4.31 Å². The van der Waals surface area contributed by atoms with Gasteiger partial charge in [-0.1, -0.05) is 35.9 Å². The van der Waals surface area contributed by atoms with E-state index in [4.69, 9.17) is 11.6 Å². The summed E-state index contributed by atoms with van der Waals surface area (Å²) in [6, 6.07) is 14.1. The third-order valence-electron chi connectivity index (χ3n) is 4.14. The maximum Gasteiger partial charge on any atom is 0.319 e. The molecule has 2 aromatic rings. The first-order chi connectivity index (χ1) is 12.4.